The summed E-state index contributed by atoms with van der Waals surface area (Å²) in [6, 6.07) is 6.39. The number of carbonyl (C=O) groups is 1. The Labute approximate surface area is 265 Å². The Morgan fingerprint density at radius 3 is 2.58 bits per heavy atom. The minimum atomic E-state index is -0.841. The predicted molar refractivity (Wildman–Crippen MR) is 169 cm³/mol. The number of fused-ring (bicyclic) bond motifs is 1. The first kappa shape index (κ1) is 30.4. The molecule has 0 spiro atoms. The van der Waals surface area contributed by atoms with Crippen LogP contribution in [-0.2, 0) is 9.53 Å². The number of esters is 1. The summed E-state index contributed by atoms with van der Waals surface area (Å²) in [5.41, 5.74) is 1.65. The molecule has 1 aliphatic heterocycles. The molecule has 0 aliphatic carbocycles. The van der Waals surface area contributed by atoms with Crippen LogP contribution in [-0.4, -0.2) is 38.0 Å². The molecule has 3 aromatic rings. The molecule has 4 rings (SSSR count). The summed E-state index contributed by atoms with van der Waals surface area (Å²) >= 11 is 10.5. The fourth-order valence-corrected chi connectivity index (χ4v) is 7.54. The van der Waals surface area contributed by atoms with Crippen LogP contribution in [0.5, 0.6) is 17.2 Å². The first-order chi connectivity index (χ1) is 19.1. The summed E-state index contributed by atoms with van der Waals surface area (Å²) in [4.78, 5) is 32.4. The number of halogens is 3. The van der Waals surface area contributed by atoms with Crippen LogP contribution in [0, 0.1) is 15.9 Å². The zero-order valence-electron chi connectivity index (χ0n) is 21.8. The standard InChI is InChI=1S/C28H23Br2IN2O6S/c1-6-8-39-25-15(9-16(29)11-19(25)31)10-22-26(34)33-24(17-12-20(36-4)21(37-5)13-18(17)30)23(27(35)38-7-2)14(3)32-28(33)40-22/h1,9-13,24H,7-8H2,2-5H3/b22-10-/t24-/m0/s1. The quantitative estimate of drug-likeness (QED) is 0.182. The molecule has 0 fully saturated rings. The molecule has 1 atom stereocenters. The average molecular weight is 802 g/mol. The van der Waals surface area contributed by atoms with Crippen molar-refractivity contribution in [3.8, 4) is 29.6 Å². The monoisotopic (exact) mass is 800 g/mol. The molecule has 0 bridgehead atoms. The van der Waals surface area contributed by atoms with E-state index in [0.29, 0.717) is 47.9 Å². The maximum atomic E-state index is 14.1. The largest absolute Gasteiger partial charge is 0.493 e. The predicted octanol–water partition coefficient (Wildman–Crippen LogP) is 4.96. The Morgan fingerprint density at radius 1 is 1.23 bits per heavy atom. The second kappa shape index (κ2) is 12.9. The highest BCUT2D eigenvalue weighted by Gasteiger charge is 2.35. The number of nitrogens with zero attached hydrogens (tertiary/aromatic N) is 2. The van der Waals surface area contributed by atoms with E-state index in [0.717, 1.165) is 8.04 Å². The van der Waals surface area contributed by atoms with Gasteiger partial charge in [0.05, 0.1) is 46.2 Å². The van der Waals surface area contributed by atoms with Gasteiger partial charge in [-0.05, 0) is 72.3 Å². The van der Waals surface area contributed by atoms with Gasteiger partial charge >= 0.3 is 5.97 Å². The van der Waals surface area contributed by atoms with E-state index in [1.165, 1.54) is 30.1 Å². The topological polar surface area (TPSA) is 88.3 Å². The Hall–Kier alpha value is -2.60. The summed E-state index contributed by atoms with van der Waals surface area (Å²) in [7, 11) is 3.05. The van der Waals surface area contributed by atoms with Gasteiger partial charge in [0, 0.05) is 14.5 Å². The van der Waals surface area contributed by atoms with Gasteiger partial charge in [0.15, 0.2) is 16.3 Å². The second-order valence-corrected chi connectivity index (χ2v) is 12.3. The van der Waals surface area contributed by atoms with Crippen LogP contribution in [0.15, 0.2) is 54.3 Å². The normalized spacial score (nSPS) is 14.8. The van der Waals surface area contributed by atoms with Crippen molar-refractivity contribution in [1.29, 1.82) is 0 Å². The smallest absolute Gasteiger partial charge is 0.338 e. The van der Waals surface area contributed by atoms with Crippen LogP contribution < -0.4 is 29.1 Å². The third-order valence-electron chi connectivity index (χ3n) is 5.94. The number of hydrogen-bond donors (Lipinski definition) is 0. The van der Waals surface area contributed by atoms with Crippen LogP contribution >= 0.6 is 65.8 Å². The van der Waals surface area contributed by atoms with Crippen molar-refractivity contribution < 1.29 is 23.7 Å². The number of thiazole rings is 1. The van der Waals surface area contributed by atoms with Crippen molar-refractivity contribution >= 4 is 77.8 Å². The van der Waals surface area contributed by atoms with Crippen molar-refractivity contribution in [1.82, 2.24) is 4.57 Å². The van der Waals surface area contributed by atoms with E-state index < -0.39 is 12.0 Å². The van der Waals surface area contributed by atoms with Crippen LogP contribution in [0.2, 0.25) is 0 Å². The highest BCUT2D eigenvalue weighted by atomic mass is 127. The zero-order chi connectivity index (χ0) is 29.1. The molecule has 0 saturated carbocycles. The Balaban J connectivity index is 2.02. The summed E-state index contributed by atoms with van der Waals surface area (Å²) in [6.07, 6.45) is 7.16. The van der Waals surface area contributed by atoms with E-state index in [9.17, 15) is 9.59 Å². The maximum Gasteiger partial charge on any atom is 0.338 e. The second-order valence-electron chi connectivity index (χ2n) is 8.33. The van der Waals surface area contributed by atoms with Gasteiger partial charge in [-0.2, -0.15) is 0 Å². The fourth-order valence-electron chi connectivity index (χ4n) is 4.26. The lowest BCUT2D eigenvalue weighted by atomic mass is 9.95. The molecule has 40 heavy (non-hydrogen) atoms. The number of ether oxygens (including phenoxy) is 4. The molecular weight excluding hydrogens is 779 g/mol. The SMILES string of the molecule is C#CCOc1c(I)cc(Br)cc1/C=c1\sc2n(c1=O)[C@@H](c1cc(OC)c(OC)cc1Br)C(C(=O)OCC)=C(C)N=2. The average Bonchev–Trinajstić information content (AvgIpc) is 3.21. The first-order valence-corrected chi connectivity index (χ1v) is 15.3. The Bertz CT molecular complexity index is 1760. The number of aromatic nitrogens is 1. The molecule has 12 heteroatoms. The number of rotatable bonds is 8. The number of hydrogen-bond acceptors (Lipinski definition) is 8. The molecule has 1 aliphatic rings. The highest BCUT2D eigenvalue weighted by Crippen LogP contribution is 2.41. The molecule has 208 valence electrons. The van der Waals surface area contributed by atoms with E-state index in [4.69, 9.17) is 25.4 Å². The third-order valence-corrected chi connectivity index (χ3v) is 8.87. The lowest BCUT2D eigenvalue weighted by Crippen LogP contribution is -2.40. The van der Waals surface area contributed by atoms with Crippen molar-refractivity contribution in [2.45, 2.75) is 19.9 Å². The van der Waals surface area contributed by atoms with Crippen molar-refractivity contribution in [3.63, 3.8) is 0 Å². The lowest BCUT2D eigenvalue weighted by Gasteiger charge is -2.26. The van der Waals surface area contributed by atoms with Crippen LogP contribution in [0.4, 0.5) is 0 Å². The maximum absolute atomic E-state index is 14.1. The van der Waals surface area contributed by atoms with Crippen LogP contribution in [0.1, 0.15) is 31.0 Å². The fraction of sp³-hybridized carbons (Fsp3) is 0.250. The van der Waals surface area contributed by atoms with Gasteiger partial charge in [-0.3, -0.25) is 9.36 Å². The van der Waals surface area contributed by atoms with Gasteiger partial charge in [0.1, 0.15) is 12.4 Å². The number of methoxy groups -OCH3 is 2. The summed E-state index contributed by atoms with van der Waals surface area (Å²) in [6.45, 7) is 3.70. The van der Waals surface area contributed by atoms with Gasteiger partial charge in [0.25, 0.3) is 5.56 Å². The van der Waals surface area contributed by atoms with E-state index in [-0.39, 0.29) is 24.3 Å². The molecule has 2 heterocycles. The third kappa shape index (κ3) is 5.88. The van der Waals surface area contributed by atoms with E-state index in [1.807, 2.05) is 12.1 Å². The minimum absolute atomic E-state index is 0.0785. The lowest BCUT2D eigenvalue weighted by molar-refractivity contribution is -0.139. The zero-order valence-corrected chi connectivity index (χ0v) is 28.0. The summed E-state index contributed by atoms with van der Waals surface area (Å²) in [5.74, 6) is 3.42. The Morgan fingerprint density at radius 2 is 1.93 bits per heavy atom. The van der Waals surface area contributed by atoms with E-state index >= 15 is 0 Å². The molecular formula is C28H23Br2IN2O6S. The van der Waals surface area contributed by atoms with Gasteiger partial charge in [-0.25, -0.2) is 9.79 Å². The molecule has 0 unspecified atom stereocenters. The first-order valence-electron chi connectivity index (χ1n) is 11.8. The van der Waals surface area contributed by atoms with Gasteiger partial charge in [0.2, 0.25) is 0 Å². The molecule has 0 radical (unpaired) electrons. The van der Waals surface area contributed by atoms with Crippen molar-refractivity contribution in [2.75, 3.05) is 27.4 Å². The Kier molecular flexibility index (Phi) is 9.81. The minimum Gasteiger partial charge on any atom is -0.493 e. The van der Waals surface area contributed by atoms with E-state index in [1.54, 1.807) is 32.1 Å². The number of benzene rings is 2. The number of allylic oxidation sites excluding steroid dienone is 1. The number of carbonyl (C=O) groups excluding carboxylic acids is 1. The number of terminal acetylenes is 1. The van der Waals surface area contributed by atoms with Crippen molar-refractivity contribution in [3.05, 3.63) is 78.9 Å². The molecule has 1 aromatic heterocycles. The molecule has 0 amide bonds. The summed E-state index contributed by atoms with van der Waals surface area (Å²) in [5, 5.41) is 0. The van der Waals surface area contributed by atoms with Gasteiger partial charge in [-0.1, -0.05) is 49.1 Å². The van der Waals surface area contributed by atoms with Crippen molar-refractivity contribution in [2.24, 2.45) is 4.99 Å². The van der Waals surface area contributed by atoms with E-state index in [2.05, 4.69) is 65.4 Å². The molecule has 0 N–H and O–H groups in total. The molecule has 0 saturated heterocycles. The highest BCUT2D eigenvalue weighted by molar-refractivity contribution is 14.1. The molecule has 8 nitrogen and oxygen atoms in total. The molecule has 2 aromatic carbocycles. The van der Waals surface area contributed by atoms with Gasteiger partial charge in [-0.15, -0.1) is 6.42 Å². The summed E-state index contributed by atoms with van der Waals surface area (Å²) < 4.78 is 26.3. The van der Waals surface area contributed by atoms with Crippen LogP contribution in [0.25, 0.3) is 6.08 Å². The van der Waals surface area contributed by atoms with Crippen LogP contribution in [0.3, 0.4) is 0 Å². The van der Waals surface area contributed by atoms with Gasteiger partial charge < -0.3 is 18.9 Å².